The minimum atomic E-state index is -3.52. The fourth-order valence-electron chi connectivity index (χ4n) is 1.06. The first kappa shape index (κ1) is 11.5. The maximum atomic E-state index is 11.3. The van der Waals surface area contributed by atoms with Crippen LogP contribution in [-0.4, -0.2) is 14.2 Å². The highest BCUT2D eigenvalue weighted by Crippen LogP contribution is 2.15. The normalized spacial score (nSPS) is 10.7. The maximum Gasteiger partial charge on any atom is 0.309 e. The summed E-state index contributed by atoms with van der Waals surface area (Å²) in [4.78, 5) is 0. The van der Waals surface area contributed by atoms with E-state index in [2.05, 4.69) is 0 Å². The SMILES string of the molecule is CCCS(=O)(=O)Oc1cccc(C#N)c1. The first-order valence-electron chi connectivity index (χ1n) is 4.49. The molecule has 1 aromatic rings. The minimum absolute atomic E-state index is 0.0240. The second kappa shape index (κ2) is 4.80. The number of hydrogen-bond donors (Lipinski definition) is 0. The molecular weight excluding hydrogens is 214 g/mol. The van der Waals surface area contributed by atoms with Gasteiger partial charge in [-0.3, -0.25) is 0 Å². The van der Waals surface area contributed by atoms with Crippen LogP contribution in [-0.2, 0) is 10.1 Å². The lowest BCUT2D eigenvalue weighted by Crippen LogP contribution is -2.13. The number of hydrogen-bond acceptors (Lipinski definition) is 4. The van der Waals surface area contributed by atoms with Gasteiger partial charge in [0.1, 0.15) is 5.75 Å². The Morgan fingerprint density at radius 3 is 2.80 bits per heavy atom. The summed E-state index contributed by atoms with van der Waals surface area (Å²) >= 11 is 0. The second-order valence-corrected chi connectivity index (χ2v) is 4.68. The van der Waals surface area contributed by atoms with Gasteiger partial charge in [-0.2, -0.15) is 13.7 Å². The van der Waals surface area contributed by atoms with Crippen LogP contribution < -0.4 is 4.18 Å². The third-order valence-corrected chi connectivity index (χ3v) is 3.00. The molecule has 0 unspecified atom stereocenters. The lowest BCUT2D eigenvalue weighted by Gasteiger charge is -2.05. The molecular formula is C10H11NO3S. The van der Waals surface area contributed by atoms with Gasteiger partial charge >= 0.3 is 10.1 Å². The van der Waals surface area contributed by atoms with Crippen LogP contribution in [0.2, 0.25) is 0 Å². The Bertz CT molecular complexity index is 474. The highest BCUT2D eigenvalue weighted by molar-refractivity contribution is 7.87. The Morgan fingerprint density at radius 2 is 2.20 bits per heavy atom. The number of benzene rings is 1. The van der Waals surface area contributed by atoms with E-state index in [9.17, 15) is 8.42 Å². The van der Waals surface area contributed by atoms with Crippen molar-refractivity contribution in [3.63, 3.8) is 0 Å². The second-order valence-electron chi connectivity index (χ2n) is 2.98. The molecule has 80 valence electrons. The summed E-state index contributed by atoms with van der Waals surface area (Å²) in [6.45, 7) is 1.76. The fourth-order valence-corrected chi connectivity index (χ4v) is 2.04. The van der Waals surface area contributed by atoms with Gasteiger partial charge in [-0.1, -0.05) is 13.0 Å². The van der Waals surface area contributed by atoms with Crippen LogP contribution in [0.1, 0.15) is 18.9 Å². The molecule has 0 N–H and O–H groups in total. The molecule has 0 radical (unpaired) electrons. The smallest absolute Gasteiger partial charge is 0.309 e. The van der Waals surface area contributed by atoms with Gasteiger partial charge < -0.3 is 4.18 Å². The summed E-state index contributed by atoms with van der Waals surface area (Å²) < 4.78 is 27.4. The molecule has 0 aliphatic heterocycles. The van der Waals surface area contributed by atoms with Crippen LogP contribution in [0.4, 0.5) is 0 Å². The molecule has 0 aliphatic rings. The van der Waals surface area contributed by atoms with Gasteiger partial charge in [0, 0.05) is 0 Å². The summed E-state index contributed by atoms with van der Waals surface area (Å²) in [5.74, 6) is 0.159. The van der Waals surface area contributed by atoms with E-state index < -0.39 is 10.1 Å². The third kappa shape index (κ3) is 3.60. The van der Waals surface area contributed by atoms with Crippen molar-refractivity contribution >= 4 is 10.1 Å². The average molecular weight is 225 g/mol. The van der Waals surface area contributed by atoms with Crippen LogP contribution in [0.3, 0.4) is 0 Å². The largest absolute Gasteiger partial charge is 0.382 e. The first-order chi connectivity index (χ1) is 7.07. The molecule has 0 bridgehead atoms. The van der Waals surface area contributed by atoms with Crippen LogP contribution in [0.15, 0.2) is 24.3 Å². The molecule has 0 fully saturated rings. The van der Waals surface area contributed by atoms with E-state index in [1.807, 2.05) is 6.07 Å². The molecule has 0 saturated carbocycles. The van der Waals surface area contributed by atoms with Crippen LogP contribution in [0.5, 0.6) is 5.75 Å². The lowest BCUT2D eigenvalue weighted by molar-refractivity contribution is 0.485. The number of nitriles is 1. The van der Waals surface area contributed by atoms with E-state index in [-0.39, 0.29) is 11.5 Å². The molecule has 0 amide bonds. The van der Waals surface area contributed by atoms with Gasteiger partial charge in [0.05, 0.1) is 17.4 Å². The molecule has 0 aromatic heterocycles. The average Bonchev–Trinajstić information content (AvgIpc) is 2.17. The summed E-state index contributed by atoms with van der Waals surface area (Å²) in [5.41, 5.74) is 0.374. The summed E-state index contributed by atoms with van der Waals surface area (Å²) in [6, 6.07) is 7.98. The zero-order valence-corrected chi connectivity index (χ0v) is 9.12. The molecule has 15 heavy (non-hydrogen) atoms. The van der Waals surface area contributed by atoms with E-state index in [1.54, 1.807) is 19.1 Å². The van der Waals surface area contributed by atoms with Crippen LogP contribution in [0, 0.1) is 11.3 Å². The van der Waals surface area contributed by atoms with E-state index >= 15 is 0 Å². The van der Waals surface area contributed by atoms with Gasteiger partial charge in [0.2, 0.25) is 0 Å². The molecule has 1 rings (SSSR count). The predicted molar refractivity (Wildman–Crippen MR) is 55.9 cm³/mol. The molecule has 0 spiro atoms. The van der Waals surface area contributed by atoms with Crippen LogP contribution in [0.25, 0.3) is 0 Å². The van der Waals surface area contributed by atoms with Crippen molar-refractivity contribution in [1.29, 1.82) is 5.26 Å². The summed E-state index contributed by atoms with van der Waals surface area (Å²) in [7, 11) is -3.52. The molecule has 0 saturated heterocycles. The molecule has 0 aliphatic carbocycles. The summed E-state index contributed by atoms with van der Waals surface area (Å²) in [6.07, 6.45) is 0.500. The molecule has 0 heterocycles. The highest BCUT2D eigenvalue weighted by atomic mass is 32.2. The lowest BCUT2D eigenvalue weighted by atomic mass is 10.2. The Balaban J connectivity index is 2.86. The minimum Gasteiger partial charge on any atom is -0.382 e. The summed E-state index contributed by atoms with van der Waals surface area (Å²) in [5, 5.41) is 8.61. The van der Waals surface area contributed by atoms with Gasteiger partial charge in [0.15, 0.2) is 0 Å². The molecule has 1 aromatic carbocycles. The van der Waals surface area contributed by atoms with E-state index in [1.165, 1.54) is 12.1 Å². The molecule has 4 nitrogen and oxygen atoms in total. The van der Waals surface area contributed by atoms with Gasteiger partial charge in [-0.15, -0.1) is 0 Å². The van der Waals surface area contributed by atoms with Crippen molar-refractivity contribution in [3.8, 4) is 11.8 Å². The zero-order valence-electron chi connectivity index (χ0n) is 8.30. The van der Waals surface area contributed by atoms with E-state index in [0.717, 1.165) is 0 Å². The Morgan fingerprint density at radius 1 is 1.47 bits per heavy atom. The monoisotopic (exact) mass is 225 g/mol. The molecule has 5 heteroatoms. The van der Waals surface area contributed by atoms with Crippen molar-refractivity contribution in [2.45, 2.75) is 13.3 Å². The van der Waals surface area contributed by atoms with Gasteiger partial charge in [-0.25, -0.2) is 0 Å². The van der Waals surface area contributed by atoms with Gasteiger partial charge in [-0.05, 0) is 24.6 Å². The van der Waals surface area contributed by atoms with E-state index in [4.69, 9.17) is 9.44 Å². The van der Waals surface area contributed by atoms with Crippen molar-refractivity contribution < 1.29 is 12.6 Å². The third-order valence-electron chi connectivity index (χ3n) is 1.64. The van der Waals surface area contributed by atoms with Gasteiger partial charge in [0.25, 0.3) is 0 Å². The number of nitrogens with zero attached hydrogens (tertiary/aromatic N) is 1. The van der Waals surface area contributed by atoms with Crippen molar-refractivity contribution in [2.24, 2.45) is 0 Å². The van der Waals surface area contributed by atoms with Crippen molar-refractivity contribution in [2.75, 3.05) is 5.75 Å². The predicted octanol–water partition coefficient (Wildman–Crippen LogP) is 1.68. The van der Waals surface area contributed by atoms with Crippen LogP contribution >= 0.6 is 0 Å². The van der Waals surface area contributed by atoms with Crippen molar-refractivity contribution in [3.05, 3.63) is 29.8 Å². The Hall–Kier alpha value is -1.54. The Kier molecular flexibility index (Phi) is 3.69. The quantitative estimate of drug-likeness (QED) is 0.731. The standard InChI is InChI=1S/C10H11NO3S/c1-2-6-15(12,13)14-10-5-3-4-9(7-10)8-11/h3-5,7H,2,6H2,1H3. The maximum absolute atomic E-state index is 11.3. The Labute approximate surface area is 89.2 Å². The van der Waals surface area contributed by atoms with E-state index in [0.29, 0.717) is 12.0 Å². The molecule has 0 atom stereocenters. The van der Waals surface area contributed by atoms with Crippen molar-refractivity contribution in [1.82, 2.24) is 0 Å². The highest BCUT2D eigenvalue weighted by Gasteiger charge is 2.11. The topological polar surface area (TPSA) is 67.2 Å². The fraction of sp³-hybridized carbons (Fsp3) is 0.300. The first-order valence-corrected chi connectivity index (χ1v) is 6.07. The zero-order chi connectivity index (χ0) is 11.3. The number of rotatable bonds is 4.